The molecule has 1 aromatic rings. The van der Waals surface area contributed by atoms with Gasteiger partial charge in [0.05, 0.1) is 6.54 Å². The molecule has 60 valence electrons. The Bertz CT molecular complexity index is 327. The average molecular weight is 159 g/mol. The number of nitrogens with zero attached hydrogens (tertiary/aromatic N) is 3. The van der Waals surface area contributed by atoms with Crippen molar-refractivity contribution in [1.29, 1.82) is 0 Å². The zero-order valence-corrected chi connectivity index (χ0v) is 5.43. The van der Waals surface area contributed by atoms with Gasteiger partial charge in [0, 0.05) is 0 Å². The number of hydrogen-bond acceptors (Lipinski definition) is 4. The topological polar surface area (TPSA) is 88.2 Å². The number of aromatic nitrogens is 3. The molecule has 0 bridgehead atoms. The van der Waals surface area contributed by atoms with Crippen LogP contribution in [0.5, 0.6) is 0 Å². The van der Waals surface area contributed by atoms with E-state index in [-0.39, 0.29) is 19.2 Å². The first-order valence-electron chi connectivity index (χ1n) is 3.79. The molecule has 0 amide bonds. The predicted octanol–water partition coefficient (Wildman–Crippen LogP) is -1.28. The van der Waals surface area contributed by atoms with Crippen LogP contribution in [0.3, 0.4) is 0 Å². The first kappa shape index (κ1) is 5.25. The number of aliphatic hydroxyl groups excluding tert-OH is 1. The monoisotopic (exact) mass is 159 g/mol. The minimum atomic E-state index is -1.63. The van der Waals surface area contributed by atoms with E-state index in [4.69, 9.17) is 13.0 Å². The van der Waals surface area contributed by atoms with Gasteiger partial charge in [-0.15, -0.1) is 0 Å². The zero-order valence-electron chi connectivity index (χ0n) is 7.43. The third-order valence-electron chi connectivity index (χ3n) is 1.01. The summed E-state index contributed by atoms with van der Waals surface area (Å²) in [6.07, 6.45) is -2.35. The molecule has 0 aliphatic carbocycles. The van der Waals surface area contributed by atoms with Crippen LogP contribution in [0.1, 0.15) is 2.74 Å². The van der Waals surface area contributed by atoms with Crippen LogP contribution in [-0.4, -0.2) is 37.1 Å². The van der Waals surface area contributed by atoms with Crippen molar-refractivity contribution in [3.8, 4) is 0 Å². The highest BCUT2D eigenvalue weighted by molar-refractivity contribution is 5.71. The quantitative estimate of drug-likeness (QED) is 0.573. The van der Waals surface area contributed by atoms with Crippen molar-refractivity contribution < 1.29 is 17.7 Å². The summed E-state index contributed by atoms with van der Waals surface area (Å²) in [6, 6.07) is 0. The number of rotatable bonds is 3. The molecule has 11 heavy (non-hydrogen) atoms. The van der Waals surface area contributed by atoms with Crippen LogP contribution < -0.4 is 0 Å². The standard InChI is InChI=1S/C5H7N3O3/c9-4(5(10)11)1-8-3-6-2-7-8/h2-4,9H,1H2,(H,10,11)/i2D,3D. The van der Waals surface area contributed by atoms with E-state index in [1.165, 1.54) is 0 Å². The van der Waals surface area contributed by atoms with Crippen molar-refractivity contribution in [1.82, 2.24) is 14.8 Å². The van der Waals surface area contributed by atoms with Crippen LogP contribution in [-0.2, 0) is 11.3 Å². The Hall–Kier alpha value is -1.43. The minimum absolute atomic E-state index is 0.342. The van der Waals surface area contributed by atoms with Crippen molar-refractivity contribution in [3.63, 3.8) is 0 Å². The van der Waals surface area contributed by atoms with Crippen molar-refractivity contribution >= 4 is 5.97 Å². The summed E-state index contributed by atoms with van der Waals surface area (Å²) in [4.78, 5) is 13.5. The molecule has 0 saturated carbocycles. The Morgan fingerprint density at radius 2 is 2.64 bits per heavy atom. The molecule has 1 unspecified atom stereocenters. The smallest absolute Gasteiger partial charge is 0.334 e. The molecule has 0 spiro atoms. The minimum Gasteiger partial charge on any atom is -0.479 e. The SMILES string of the molecule is [2H]c1nc([2H])n(CC(O)C(=O)O)n1. The molecule has 0 aromatic carbocycles. The van der Waals surface area contributed by atoms with E-state index < -0.39 is 12.1 Å². The number of aliphatic hydroxyl groups is 1. The van der Waals surface area contributed by atoms with Gasteiger partial charge >= 0.3 is 5.97 Å². The second kappa shape index (κ2) is 3.11. The summed E-state index contributed by atoms with van der Waals surface area (Å²) in [5.41, 5.74) is 0. The fourth-order valence-corrected chi connectivity index (χ4v) is 0.502. The van der Waals surface area contributed by atoms with E-state index in [1.807, 2.05) is 0 Å². The molecular formula is C5H7N3O3. The van der Waals surface area contributed by atoms with Crippen molar-refractivity contribution in [3.05, 3.63) is 12.6 Å². The Kier molecular flexibility index (Phi) is 1.48. The summed E-state index contributed by atoms with van der Waals surface area (Å²) in [5.74, 6) is -1.40. The molecule has 1 aromatic heterocycles. The normalized spacial score (nSPS) is 15.4. The predicted molar refractivity (Wildman–Crippen MR) is 33.7 cm³/mol. The molecule has 0 aliphatic rings. The summed E-state index contributed by atoms with van der Waals surface area (Å²) >= 11 is 0. The number of carboxylic acid groups (broad SMARTS) is 1. The number of carbonyl (C=O) groups is 1. The van der Waals surface area contributed by atoms with Crippen molar-refractivity contribution in [2.75, 3.05) is 0 Å². The van der Waals surface area contributed by atoms with Crippen LogP contribution in [0.4, 0.5) is 0 Å². The number of carboxylic acids is 1. The summed E-state index contributed by atoms with van der Waals surface area (Å²) in [6.45, 7) is -0.375. The van der Waals surface area contributed by atoms with Crippen LogP contribution in [0.15, 0.2) is 12.6 Å². The lowest BCUT2D eigenvalue weighted by atomic mass is 10.4. The summed E-state index contributed by atoms with van der Waals surface area (Å²) in [7, 11) is 0. The molecule has 1 rings (SSSR count). The molecule has 0 radical (unpaired) electrons. The van der Waals surface area contributed by atoms with Gasteiger partial charge in [0.1, 0.15) is 15.3 Å². The number of hydrogen-bond donors (Lipinski definition) is 2. The van der Waals surface area contributed by atoms with Crippen LogP contribution in [0.2, 0.25) is 0 Å². The first-order chi connectivity index (χ1) is 6.00. The maximum Gasteiger partial charge on any atom is 0.334 e. The van der Waals surface area contributed by atoms with Gasteiger partial charge in [0.25, 0.3) is 0 Å². The molecule has 1 atom stereocenters. The van der Waals surface area contributed by atoms with Gasteiger partial charge in [-0.3, -0.25) is 0 Å². The molecule has 0 aliphatic heterocycles. The Morgan fingerprint density at radius 1 is 1.91 bits per heavy atom. The third-order valence-corrected chi connectivity index (χ3v) is 1.01. The molecule has 0 saturated heterocycles. The van der Waals surface area contributed by atoms with E-state index in [1.54, 1.807) is 0 Å². The zero-order chi connectivity index (χ0) is 10.0. The fraction of sp³-hybridized carbons (Fsp3) is 0.400. The van der Waals surface area contributed by atoms with Gasteiger partial charge < -0.3 is 10.2 Å². The highest BCUT2D eigenvalue weighted by Gasteiger charge is 2.13. The number of aliphatic carboxylic acids is 1. The lowest BCUT2D eigenvalue weighted by Crippen LogP contribution is -2.25. The fourth-order valence-electron chi connectivity index (χ4n) is 0.502. The van der Waals surface area contributed by atoms with Gasteiger partial charge in [-0.1, -0.05) is 0 Å². The van der Waals surface area contributed by atoms with Gasteiger partial charge in [-0.05, 0) is 0 Å². The highest BCUT2D eigenvalue weighted by atomic mass is 16.4. The lowest BCUT2D eigenvalue weighted by Gasteiger charge is -2.02. The maximum absolute atomic E-state index is 10.2. The highest BCUT2D eigenvalue weighted by Crippen LogP contribution is 1.88. The van der Waals surface area contributed by atoms with Crippen molar-refractivity contribution in [2.45, 2.75) is 12.6 Å². The third kappa shape index (κ3) is 2.01. The van der Waals surface area contributed by atoms with Gasteiger partial charge in [-0.25, -0.2) is 14.5 Å². The van der Waals surface area contributed by atoms with E-state index in [2.05, 4.69) is 10.1 Å². The van der Waals surface area contributed by atoms with Crippen LogP contribution >= 0.6 is 0 Å². The summed E-state index contributed by atoms with van der Waals surface area (Å²) < 4.78 is 14.9. The Labute approximate surface area is 64.9 Å². The second-order valence-corrected chi connectivity index (χ2v) is 1.85. The average Bonchev–Trinajstić information content (AvgIpc) is 2.30. The molecule has 2 N–H and O–H groups in total. The molecular weight excluding hydrogens is 150 g/mol. The van der Waals surface area contributed by atoms with Gasteiger partial charge in [0.15, 0.2) is 6.10 Å². The van der Waals surface area contributed by atoms with Crippen molar-refractivity contribution in [2.24, 2.45) is 0 Å². The van der Waals surface area contributed by atoms with Crippen LogP contribution in [0, 0.1) is 0 Å². The Balaban J connectivity index is 2.74. The van der Waals surface area contributed by atoms with E-state index >= 15 is 0 Å². The second-order valence-electron chi connectivity index (χ2n) is 1.85. The first-order valence-corrected chi connectivity index (χ1v) is 2.79. The van der Waals surface area contributed by atoms with Gasteiger partial charge in [-0.2, -0.15) is 5.10 Å². The molecule has 0 fully saturated rings. The van der Waals surface area contributed by atoms with E-state index in [0.29, 0.717) is 0 Å². The van der Waals surface area contributed by atoms with Gasteiger partial charge in [0.2, 0.25) is 0 Å². The molecule has 6 nitrogen and oxygen atoms in total. The Morgan fingerprint density at radius 3 is 3.09 bits per heavy atom. The molecule has 1 heterocycles. The van der Waals surface area contributed by atoms with E-state index in [9.17, 15) is 4.79 Å². The largest absolute Gasteiger partial charge is 0.479 e. The van der Waals surface area contributed by atoms with Crippen LogP contribution in [0.25, 0.3) is 0 Å². The molecule has 6 heteroatoms. The van der Waals surface area contributed by atoms with E-state index in [0.717, 1.165) is 4.68 Å². The maximum atomic E-state index is 10.2. The summed E-state index contributed by atoms with van der Waals surface area (Å²) in [5, 5.41) is 20.6. The lowest BCUT2D eigenvalue weighted by molar-refractivity contribution is -0.147.